The van der Waals surface area contributed by atoms with Gasteiger partial charge in [0.25, 0.3) is 0 Å². The number of thiazole rings is 1. The molecule has 0 saturated carbocycles. The Morgan fingerprint density at radius 3 is 2.88 bits per heavy atom. The summed E-state index contributed by atoms with van der Waals surface area (Å²) in [7, 11) is -2.90. The summed E-state index contributed by atoms with van der Waals surface area (Å²) in [6.07, 6.45) is -0.580. The minimum atomic E-state index is -2.90. The Kier molecular flexibility index (Phi) is 3.42. The van der Waals surface area contributed by atoms with Crippen molar-refractivity contribution < 1.29 is 13.5 Å². The molecule has 0 bridgehead atoms. The van der Waals surface area contributed by atoms with Gasteiger partial charge in [-0.05, 0) is 13.8 Å². The van der Waals surface area contributed by atoms with E-state index in [0.717, 1.165) is 5.13 Å². The van der Waals surface area contributed by atoms with Crippen LogP contribution in [0.1, 0.15) is 25.6 Å². The number of aliphatic hydroxyl groups excluding tert-OH is 1. The van der Waals surface area contributed by atoms with E-state index < -0.39 is 15.9 Å². The molecule has 2 rings (SSSR count). The maximum absolute atomic E-state index is 11.5. The van der Waals surface area contributed by atoms with Gasteiger partial charge >= 0.3 is 0 Å². The fraction of sp³-hybridized carbons (Fsp3) is 0.700. The summed E-state index contributed by atoms with van der Waals surface area (Å²) in [5.74, 6) is 0.359. The van der Waals surface area contributed by atoms with E-state index >= 15 is 0 Å². The molecule has 0 aliphatic carbocycles. The third kappa shape index (κ3) is 2.78. The molecule has 2 unspecified atom stereocenters. The van der Waals surface area contributed by atoms with Gasteiger partial charge in [0.1, 0.15) is 0 Å². The normalized spacial score (nSPS) is 25.8. The van der Waals surface area contributed by atoms with Crippen molar-refractivity contribution in [3.8, 4) is 0 Å². The minimum absolute atomic E-state index is 0.0539. The van der Waals surface area contributed by atoms with Crippen LogP contribution in [0.4, 0.5) is 5.13 Å². The van der Waals surface area contributed by atoms with Crippen LogP contribution in [0.2, 0.25) is 0 Å². The Balaban J connectivity index is 2.17. The lowest BCUT2D eigenvalue weighted by atomic mass is 10.3. The lowest BCUT2D eigenvalue weighted by Crippen LogP contribution is -2.47. The van der Waals surface area contributed by atoms with Crippen molar-refractivity contribution >= 4 is 26.3 Å². The summed E-state index contributed by atoms with van der Waals surface area (Å²) in [6.45, 7) is 4.04. The summed E-state index contributed by atoms with van der Waals surface area (Å²) in [5.41, 5.74) is 0.644. The molecule has 2 heterocycles. The summed E-state index contributed by atoms with van der Waals surface area (Å²) in [5, 5.41) is 12.0. The summed E-state index contributed by atoms with van der Waals surface area (Å²) in [4.78, 5) is 6.33. The predicted molar refractivity (Wildman–Crippen MR) is 68.2 cm³/mol. The zero-order valence-electron chi connectivity index (χ0n) is 9.83. The van der Waals surface area contributed by atoms with E-state index in [-0.39, 0.29) is 17.5 Å². The molecule has 1 aromatic rings. The first-order valence-corrected chi connectivity index (χ1v) is 8.20. The fourth-order valence-electron chi connectivity index (χ4n) is 1.88. The molecule has 2 atom stereocenters. The van der Waals surface area contributed by atoms with Gasteiger partial charge in [0.15, 0.2) is 15.0 Å². The van der Waals surface area contributed by atoms with Crippen molar-refractivity contribution in [3.05, 3.63) is 11.1 Å². The molecular formula is C10H16N2O3S2. The average Bonchev–Trinajstić information content (AvgIpc) is 2.65. The molecule has 1 aliphatic heterocycles. The Morgan fingerprint density at radius 2 is 2.35 bits per heavy atom. The second kappa shape index (κ2) is 4.55. The standard InChI is InChI=1S/C10H16N2O3S2/c1-7-6-17(14,15)4-3-12(7)10-11-9(5-16-10)8(2)13/h5,7-8,13H,3-4,6H2,1-2H3. The highest BCUT2D eigenvalue weighted by molar-refractivity contribution is 7.91. The van der Waals surface area contributed by atoms with Gasteiger partial charge in [0.2, 0.25) is 0 Å². The highest BCUT2D eigenvalue weighted by Crippen LogP contribution is 2.27. The van der Waals surface area contributed by atoms with Crippen LogP contribution in [-0.4, -0.2) is 42.6 Å². The Labute approximate surface area is 105 Å². The van der Waals surface area contributed by atoms with E-state index in [4.69, 9.17) is 0 Å². The van der Waals surface area contributed by atoms with Gasteiger partial charge in [-0.2, -0.15) is 0 Å². The number of hydrogen-bond donors (Lipinski definition) is 1. The number of hydrogen-bond acceptors (Lipinski definition) is 6. The molecule has 7 heteroatoms. The largest absolute Gasteiger partial charge is 0.387 e. The number of sulfone groups is 1. The molecule has 0 radical (unpaired) electrons. The lowest BCUT2D eigenvalue weighted by Gasteiger charge is -2.32. The van der Waals surface area contributed by atoms with E-state index in [1.807, 2.05) is 17.2 Å². The second-order valence-corrected chi connectivity index (χ2v) is 7.45. The smallest absolute Gasteiger partial charge is 0.185 e. The van der Waals surface area contributed by atoms with Crippen LogP contribution >= 0.6 is 11.3 Å². The van der Waals surface area contributed by atoms with Gasteiger partial charge in [-0.25, -0.2) is 13.4 Å². The fourth-order valence-corrected chi connectivity index (χ4v) is 4.48. The lowest BCUT2D eigenvalue weighted by molar-refractivity contribution is 0.195. The van der Waals surface area contributed by atoms with Crippen LogP contribution in [0.25, 0.3) is 0 Å². The van der Waals surface area contributed by atoms with Crippen molar-refractivity contribution in [3.63, 3.8) is 0 Å². The van der Waals surface area contributed by atoms with Gasteiger partial charge in [-0.3, -0.25) is 0 Å². The molecular weight excluding hydrogens is 260 g/mol. The Hall–Kier alpha value is -0.660. The molecule has 5 nitrogen and oxygen atoms in total. The average molecular weight is 276 g/mol. The van der Waals surface area contributed by atoms with E-state index in [1.54, 1.807) is 6.92 Å². The highest BCUT2D eigenvalue weighted by atomic mass is 32.2. The number of nitrogens with zero attached hydrogens (tertiary/aromatic N) is 2. The van der Waals surface area contributed by atoms with Gasteiger partial charge in [0.05, 0.1) is 23.3 Å². The zero-order valence-corrected chi connectivity index (χ0v) is 11.5. The van der Waals surface area contributed by atoms with Crippen molar-refractivity contribution in [1.29, 1.82) is 0 Å². The summed E-state index contributed by atoms with van der Waals surface area (Å²) < 4.78 is 22.9. The second-order valence-electron chi connectivity index (χ2n) is 4.39. The number of aliphatic hydroxyl groups is 1. The molecule has 1 aliphatic rings. The Bertz CT molecular complexity index is 495. The van der Waals surface area contributed by atoms with Crippen LogP contribution in [0.5, 0.6) is 0 Å². The minimum Gasteiger partial charge on any atom is -0.387 e. The first-order chi connectivity index (χ1) is 7.89. The maximum Gasteiger partial charge on any atom is 0.185 e. The highest BCUT2D eigenvalue weighted by Gasteiger charge is 2.29. The van der Waals surface area contributed by atoms with E-state index in [2.05, 4.69) is 4.98 Å². The van der Waals surface area contributed by atoms with Crippen LogP contribution in [0.15, 0.2) is 5.38 Å². The summed E-state index contributed by atoms with van der Waals surface area (Å²) in [6, 6.07) is -0.0539. The maximum atomic E-state index is 11.5. The molecule has 17 heavy (non-hydrogen) atoms. The van der Waals surface area contributed by atoms with Crippen LogP contribution in [0.3, 0.4) is 0 Å². The first kappa shape index (κ1) is 12.8. The van der Waals surface area contributed by atoms with Gasteiger partial charge < -0.3 is 10.0 Å². The Morgan fingerprint density at radius 1 is 1.65 bits per heavy atom. The molecule has 96 valence electrons. The number of anilines is 1. The molecule has 1 N–H and O–H groups in total. The van der Waals surface area contributed by atoms with E-state index in [1.165, 1.54) is 11.3 Å². The van der Waals surface area contributed by atoms with Gasteiger partial charge in [-0.15, -0.1) is 11.3 Å². The molecule has 0 spiro atoms. The van der Waals surface area contributed by atoms with Crippen molar-refractivity contribution in [2.75, 3.05) is 23.0 Å². The molecule has 1 fully saturated rings. The van der Waals surface area contributed by atoms with E-state index in [0.29, 0.717) is 12.2 Å². The van der Waals surface area contributed by atoms with Crippen molar-refractivity contribution in [2.24, 2.45) is 0 Å². The van der Waals surface area contributed by atoms with Gasteiger partial charge in [0, 0.05) is 18.0 Å². The molecule has 1 saturated heterocycles. The SMILES string of the molecule is CC(O)c1csc(N2CCS(=O)(=O)CC2C)n1. The van der Waals surface area contributed by atoms with Gasteiger partial charge in [-0.1, -0.05) is 0 Å². The van der Waals surface area contributed by atoms with Crippen molar-refractivity contribution in [2.45, 2.75) is 26.0 Å². The quantitative estimate of drug-likeness (QED) is 0.866. The van der Waals surface area contributed by atoms with Crippen molar-refractivity contribution in [1.82, 2.24) is 4.98 Å². The number of aromatic nitrogens is 1. The van der Waals surface area contributed by atoms with Crippen LogP contribution in [-0.2, 0) is 9.84 Å². The van der Waals surface area contributed by atoms with Crippen LogP contribution in [0, 0.1) is 0 Å². The van der Waals surface area contributed by atoms with Crippen LogP contribution < -0.4 is 4.90 Å². The zero-order chi connectivity index (χ0) is 12.6. The topological polar surface area (TPSA) is 70.5 Å². The van der Waals surface area contributed by atoms with E-state index in [9.17, 15) is 13.5 Å². The summed E-state index contributed by atoms with van der Waals surface area (Å²) >= 11 is 1.45. The third-order valence-corrected chi connectivity index (χ3v) is 5.54. The molecule has 1 aromatic heterocycles. The first-order valence-electron chi connectivity index (χ1n) is 5.49. The molecule has 0 aromatic carbocycles. The number of rotatable bonds is 2. The predicted octanol–water partition coefficient (Wildman–Crippen LogP) is 0.820. The third-order valence-electron chi connectivity index (χ3n) is 2.85. The monoisotopic (exact) mass is 276 g/mol. The molecule has 0 amide bonds.